The summed E-state index contributed by atoms with van der Waals surface area (Å²) in [5.41, 5.74) is 1.89. The minimum Gasteiger partial charge on any atom is -0.466 e. The van der Waals surface area contributed by atoms with Crippen LogP contribution in [0.3, 0.4) is 0 Å². The maximum Gasteiger partial charge on any atom is 0.307 e. The number of carbonyl (C=O) groups is 2. The lowest BCUT2D eigenvalue weighted by Gasteiger charge is -2.35. The van der Waals surface area contributed by atoms with Crippen LogP contribution in [0.25, 0.3) is 0 Å². The van der Waals surface area contributed by atoms with Crippen LogP contribution >= 0.6 is 0 Å². The van der Waals surface area contributed by atoms with Crippen LogP contribution in [-0.4, -0.2) is 45.8 Å². The third-order valence-electron chi connectivity index (χ3n) is 4.04. The van der Waals surface area contributed by atoms with Gasteiger partial charge < -0.3 is 9.64 Å². The summed E-state index contributed by atoms with van der Waals surface area (Å²) >= 11 is 0. The van der Waals surface area contributed by atoms with Crippen molar-refractivity contribution in [3.63, 3.8) is 0 Å². The standard InChI is InChI=1S/C16H25N3O3/c1-4-22-16(21)10-14-7-5-6-8-18(14)15(20)11-19-13(3)9-12(2)17-19/h9,14H,4-8,10-11H2,1-3H3. The number of aryl methyl sites for hydroxylation is 2. The van der Waals surface area contributed by atoms with Gasteiger partial charge in [0, 0.05) is 18.3 Å². The average Bonchev–Trinajstić information content (AvgIpc) is 2.77. The van der Waals surface area contributed by atoms with Crippen molar-refractivity contribution in [2.75, 3.05) is 13.2 Å². The number of hydrogen-bond donors (Lipinski definition) is 0. The second-order valence-corrected chi connectivity index (χ2v) is 5.83. The normalized spacial score (nSPS) is 18.3. The first-order valence-corrected chi connectivity index (χ1v) is 7.97. The number of ether oxygens (including phenoxy) is 1. The van der Waals surface area contributed by atoms with Gasteiger partial charge in [-0.1, -0.05) is 0 Å². The molecule has 1 aromatic heterocycles. The first-order chi connectivity index (χ1) is 10.5. The lowest BCUT2D eigenvalue weighted by Crippen LogP contribution is -2.46. The van der Waals surface area contributed by atoms with Crippen molar-refractivity contribution in [2.45, 2.75) is 59.0 Å². The Morgan fingerprint density at radius 2 is 2.14 bits per heavy atom. The maximum absolute atomic E-state index is 12.6. The summed E-state index contributed by atoms with van der Waals surface area (Å²) in [6, 6.07) is 1.91. The van der Waals surface area contributed by atoms with E-state index in [1.807, 2.05) is 24.8 Å². The smallest absolute Gasteiger partial charge is 0.307 e. The van der Waals surface area contributed by atoms with Crippen LogP contribution in [0.4, 0.5) is 0 Å². The Morgan fingerprint density at radius 1 is 1.36 bits per heavy atom. The molecule has 1 aliphatic heterocycles. The summed E-state index contributed by atoms with van der Waals surface area (Å²) in [5, 5.41) is 4.34. The molecular formula is C16H25N3O3. The largest absolute Gasteiger partial charge is 0.466 e. The van der Waals surface area contributed by atoms with Crippen LogP contribution < -0.4 is 0 Å². The summed E-state index contributed by atoms with van der Waals surface area (Å²) in [4.78, 5) is 26.1. The number of nitrogens with zero attached hydrogens (tertiary/aromatic N) is 3. The first-order valence-electron chi connectivity index (χ1n) is 7.97. The Hall–Kier alpha value is -1.85. The number of amides is 1. The van der Waals surface area contributed by atoms with E-state index in [0.29, 0.717) is 13.2 Å². The van der Waals surface area contributed by atoms with E-state index in [1.165, 1.54) is 0 Å². The van der Waals surface area contributed by atoms with Crippen molar-refractivity contribution in [1.29, 1.82) is 0 Å². The Morgan fingerprint density at radius 3 is 2.77 bits per heavy atom. The zero-order valence-electron chi connectivity index (χ0n) is 13.7. The number of esters is 1. The molecule has 0 N–H and O–H groups in total. The Labute approximate surface area is 131 Å². The van der Waals surface area contributed by atoms with Gasteiger partial charge in [0.05, 0.1) is 18.7 Å². The van der Waals surface area contributed by atoms with Gasteiger partial charge in [-0.2, -0.15) is 5.10 Å². The number of rotatable bonds is 5. The predicted molar refractivity (Wildman–Crippen MR) is 82.3 cm³/mol. The van der Waals surface area contributed by atoms with E-state index >= 15 is 0 Å². The third-order valence-corrected chi connectivity index (χ3v) is 4.04. The van der Waals surface area contributed by atoms with E-state index < -0.39 is 0 Å². The van der Waals surface area contributed by atoms with Crippen LogP contribution in [0.5, 0.6) is 0 Å². The molecule has 6 nitrogen and oxygen atoms in total. The van der Waals surface area contributed by atoms with E-state index in [-0.39, 0.29) is 30.9 Å². The maximum atomic E-state index is 12.6. The summed E-state index contributed by atoms with van der Waals surface area (Å²) in [6.45, 7) is 6.98. The number of piperidine rings is 1. The SMILES string of the molecule is CCOC(=O)CC1CCCCN1C(=O)Cn1nc(C)cc1C. The Bertz CT molecular complexity index is 539. The fourth-order valence-electron chi connectivity index (χ4n) is 3.01. The van der Waals surface area contributed by atoms with Gasteiger partial charge in [-0.25, -0.2) is 0 Å². The monoisotopic (exact) mass is 307 g/mol. The van der Waals surface area contributed by atoms with Gasteiger partial charge in [-0.15, -0.1) is 0 Å². The minimum atomic E-state index is -0.224. The molecule has 0 saturated carbocycles. The Balaban J connectivity index is 2.01. The fourth-order valence-corrected chi connectivity index (χ4v) is 3.01. The number of aromatic nitrogens is 2. The molecule has 1 atom stereocenters. The molecule has 0 aliphatic carbocycles. The summed E-state index contributed by atoms with van der Waals surface area (Å²) in [5.74, 6) is -0.196. The molecule has 1 saturated heterocycles. The molecule has 1 fully saturated rings. The minimum absolute atomic E-state index is 0.0280. The van der Waals surface area contributed by atoms with Crippen molar-refractivity contribution >= 4 is 11.9 Å². The predicted octanol–water partition coefficient (Wildman–Crippen LogP) is 1.83. The second-order valence-electron chi connectivity index (χ2n) is 5.83. The molecule has 2 rings (SSSR count). The average molecular weight is 307 g/mol. The Kier molecular flexibility index (Phi) is 5.57. The van der Waals surface area contributed by atoms with E-state index in [0.717, 1.165) is 30.7 Å². The van der Waals surface area contributed by atoms with Crippen LogP contribution in [-0.2, 0) is 20.9 Å². The lowest BCUT2D eigenvalue weighted by atomic mass is 9.99. The van der Waals surface area contributed by atoms with E-state index in [1.54, 1.807) is 11.6 Å². The van der Waals surface area contributed by atoms with Gasteiger partial charge in [0.1, 0.15) is 6.54 Å². The molecule has 1 amide bonds. The number of carbonyl (C=O) groups excluding carboxylic acids is 2. The molecule has 0 radical (unpaired) electrons. The molecule has 22 heavy (non-hydrogen) atoms. The zero-order chi connectivity index (χ0) is 16.1. The van der Waals surface area contributed by atoms with E-state index in [4.69, 9.17) is 4.74 Å². The summed E-state index contributed by atoms with van der Waals surface area (Å²) in [6.07, 6.45) is 3.19. The molecule has 2 heterocycles. The molecule has 122 valence electrons. The highest BCUT2D eigenvalue weighted by molar-refractivity contribution is 5.78. The van der Waals surface area contributed by atoms with Crippen LogP contribution in [0.15, 0.2) is 6.07 Å². The molecular weight excluding hydrogens is 282 g/mol. The van der Waals surface area contributed by atoms with E-state index in [2.05, 4.69) is 5.10 Å². The van der Waals surface area contributed by atoms with Crippen molar-refractivity contribution in [2.24, 2.45) is 0 Å². The van der Waals surface area contributed by atoms with Gasteiger partial charge in [0.15, 0.2) is 0 Å². The quantitative estimate of drug-likeness (QED) is 0.779. The van der Waals surface area contributed by atoms with Crippen molar-refractivity contribution in [1.82, 2.24) is 14.7 Å². The van der Waals surface area contributed by atoms with Crippen LogP contribution in [0.1, 0.15) is 44.0 Å². The van der Waals surface area contributed by atoms with Gasteiger partial charge in [-0.05, 0) is 46.1 Å². The molecule has 1 unspecified atom stereocenters. The van der Waals surface area contributed by atoms with Crippen LogP contribution in [0, 0.1) is 13.8 Å². The highest BCUT2D eigenvalue weighted by atomic mass is 16.5. The summed E-state index contributed by atoms with van der Waals surface area (Å²) in [7, 11) is 0. The van der Waals surface area contributed by atoms with E-state index in [9.17, 15) is 9.59 Å². The first kappa shape index (κ1) is 16.5. The number of likely N-dealkylation sites (tertiary alicyclic amines) is 1. The van der Waals surface area contributed by atoms with Crippen molar-refractivity contribution in [3.8, 4) is 0 Å². The summed E-state index contributed by atoms with van der Waals surface area (Å²) < 4.78 is 6.75. The molecule has 0 spiro atoms. The topological polar surface area (TPSA) is 64.4 Å². The molecule has 1 aromatic rings. The molecule has 1 aliphatic rings. The third kappa shape index (κ3) is 4.08. The lowest BCUT2D eigenvalue weighted by molar-refractivity contribution is -0.146. The second kappa shape index (κ2) is 7.42. The van der Waals surface area contributed by atoms with Gasteiger partial charge >= 0.3 is 5.97 Å². The molecule has 0 aromatic carbocycles. The highest BCUT2D eigenvalue weighted by Crippen LogP contribution is 2.21. The zero-order valence-corrected chi connectivity index (χ0v) is 13.7. The van der Waals surface area contributed by atoms with Gasteiger partial charge in [-0.3, -0.25) is 14.3 Å². The van der Waals surface area contributed by atoms with Crippen molar-refractivity contribution in [3.05, 3.63) is 17.5 Å². The van der Waals surface area contributed by atoms with Gasteiger partial charge in [0.2, 0.25) is 5.91 Å². The molecule has 6 heteroatoms. The van der Waals surface area contributed by atoms with Crippen molar-refractivity contribution < 1.29 is 14.3 Å². The highest BCUT2D eigenvalue weighted by Gasteiger charge is 2.29. The van der Waals surface area contributed by atoms with Crippen LogP contribution in [0.2, 0.25) is 0 Å². The fraction of sp³-hybridized carbons (Fsp3) is 0.688. The molecule has 0 bridgehead atoms. The number of hydrogen-bond acceptors (Lipinski definition) is 4. The van der Waals surface area contributed by atoms with Gasteiger partial charge in [0.25, 0.3) is 0 Å².